The number of carbonyl (C=O) groups is 2. The number of rotatable bonds is 8. The molecule has 0 heterocycles. The van der Waals surface area contributed by atoms with Gasteiger partial charge in [-0.2, -0.15) is 5.10 Å². The van der Waals surface area contributed by atoms with Crippen LogP contribution in [-0.2, 0) is 16.0 Å². The van der Waals surface area contributed by atoms with Gasteiger partial charge in [0, 0.05) is 5.56 Å². The number of para-hydroxylation sites is 2. The Kier molecular flexibility index (Phi) is 7.78. The van der Waals surface area contributed by atoms with Crippen molar-refractivity contribution < 1.29 is 24.2 Å². The molecule has 2 aromatic carbocycles. The molecule has 152 valence electrons. The van der Waals surface area contributed by atoms with Crippen molar-refractivity contribution in [3.8, 4) is 17.2 Å². The molecule has 0 fully saturated rings. The van der Waals surface area contributed by atoms with E-state index in [0.29, 0.717) is 41.3 Å². The number of carbonyl (C=O) groups excluding carboxylic acids is 2. The van der Waals surface area contributed by atoms with Gasteiger partial charge in [-0.15, -0.1) is 6.58 Å². The summed E-state index contributed by atoms with van der Waals surface area (Å²) in [6.07, 6.45) is 3.43. The highest BCUT2D eigenvalue weighted by Crippen LogP contribution is 2.32. The van der Waals surface area contributed by atoms with Crippen molar-refractivity contribution in [2.45, 2.75) is 13.3 Å². The smallest absolute Gasteiger partial charge is 0.329 e. The van der Waals surface area contributed by atoms with E-state index >= 15 is 0 Å². The second-order valence-electron chi connectivity index (χ2n) is 5.81. The zero-order valence-electron chi connectivity index (χ0n) is 16.3. The minimum Gasteiger partial charge on any atom is -0.504 e. The number of phenolic OH excluding ortho intramolecular Hbond substituents is 1. The molecule has 2 amide bonds. The van der Waals surface area contributed by atoms with Gasteiger partial charge in [0.2, 0.25) is 0 Å². The number of ether oxygens (including phenoxy) is 2. The molecule has 8 nitrogen and oxygen atoms in total. The predicted octanol–water partition coefficient (Wildman–Crippen LogP) is 2.62. The lowest BCUT2D eigenvalue weighted by molar-refractivity contribution is -0.136. The molecule has 0 bridgehead atoms. The molecule has 8 heteroatoms. The Balaban J connectivity index is 2.07. The van der Waals surface area contributed by atoms with Crippen molar-refractivity contribution in [3.05, 3.63) is 60.2 Å². The first-order chi connectivity index (χ1) is 14.0. The largest absolute Gasteiger partial charge is 0.504 e. The minimum atomic E-state index is -0.942. The Morgan fingerprint density at radius 2 is 1.97 bits per heavy atom. The third-order valence-corrected chi connectivity index (χ3v) is 3.78. The third-order valence-electron chi connectivity index (χ3n) is 3.78. The highest BCUT2D eigenvalue weighted by Gasteiger charge is 2.15. The number of nitrogens with one attached hydrogen (secondary N) is 2. The van der Waals surface area contributed by atoms with Gasteiger partial charge in [0.1, 0.15) is 5.75 Å². The van der Waals surface area contributed by atoms with Gasteiger partial charge in [0.25, 0.3) is 0 Å². The Labute approximate surface area is 168 Å². The summed E-state index contributed by atoms with van der Waals surface area (Å²) >= 11 is 0. The summed E-state index contributed by atoms with van der Waals surface area (Å²) in [5, 5.41) is 16.4. The molecule has 0 radical (unpaired) electrons. The van der Waals surface area contributed by atoms with Crippen molar-refractivity contribution >= 4 is 23.7 Å². The number of phenols is 1. The van der Waals surface area contributed by atoms with Gasteiger partial charge in [0.15, 0.2) is 11.5 Å². The van der Waals surface area contributed by atoms with Crippen molar-refractivity contribution in [1.29, 1.82) is 0 Å². The van der Waals surface area contributed by atoms with Crippen LogP contribution in [0.5, 0.6) is 17.2 Å². The minimum absolute atomic E-state index is 0.0316. The molecule has 0 saturated heterocycles. The summed E-state index contributed by atoms with van der Waals surface area (Å²) in [5.74, 6) is -1.07. The number of hydrogen-bond donors (Lipinski definition) is 3. The molecule has 0 aliphatic carbocycles. The van der Waals surface area contributed by atoms with Crippen molar-refractivity contribution in [2.24, 2.45) is 5.10 Å². The third kappa shape index (κ3) is 5.83. The predicted molar refractivity (Wildman–Crippen MR) is 111 cm³/mol. The number of allylic oxidation sites excluding steroid dienone is 1. The zero-order chi connectivity index (χ0) is 21.2. The average molecular weight is 397 g/mol. The topological polar surface area (TPSA) is 109 Å². The lowest BCUT2D eigenvalue weighted by atomic mass is 10.1. The highest BCUT2D eigenvalue weighted by atomic mass is 16.5. The SMILES string of the molecule is C=CCc1cc(/C=N/NC(=O)C(=O)Nc2ccccc2OC)cc(OCC)c1O. The number of nitrogens with zero attached hydrogens (tertiary/aromatic N) is 1. The van der Waals surface area contributed by atoms with Crippen LogP contribution in [0, 0.1) is 0 Å². The summed E-state index contributed by atoms with van der Waals surface area (Å²) in [7, 11) is 1.46. The van der Waals surface area contributed by atoms with Crippen LogP contribution in [0.4, 0.5) is 5.69 Å². The maximum atomic E-state index is 12.0. The first-order valence-electron chi connectivity index (χ1n) is 8.87. The Morgan fingerprint density at radius 1 is 1.21 bits per heavy atom. The van der Waals surface area contributed by atoms with Gasteiger partial charge in [-0.3, -0.25) is 9.59 Å². The summed E-state index contributed by atoms with van der Waals surface area (Å²) < 4.78 is 10.5. The van der Waals surface area contributed by atoms with Gasteiger partial charge >= 0.3 is 11.8 Å². The van der Waals surface area contributed by atoms with Crippen LogP contribution < -0.4 is 20.2 Å². The van der Waals surface area contributed by atoms with Crippen molar-refractivity contribution in [2.75, 3.05) is 19.0 Å². The molecular formula is C21H23N3O5. The summed E-state index contributed by atoms with van der Waals surface area (Å²) in [5.41, 5.74) is 3.71. The number of hydrogen-bond acceptors (Lipinski definition) is 6. The highest BCUT2D eigenvalue weighted by molar-refractivity contribution is 6.39. The van der Waals surface area contributed by atoms with Crippen LogP contribution in [0.3, 0.4) is 0 Å². The molecule has 2 rings (SSSR count). The molecule has 0 unspecified atom stereocenters. The van der Waals surface area contributed by atoms with E-state index in [0.717, 1.165) is 0 Å². The molecule has 0 aromatic heterocycles. The Bertz CT molecular complexity index is 925. The summed E-state index contributed by atoms with van der Waals surface area (Å²) in [6.45, 7) is 5.83. The van der Waals surface area contributed by atoms with E-state index in [-0.39, 0.29) is 5.75 Å². The molecule has 0 aliphatic heterocycles. The van der Waals surface area contributed by atoms with E-state index < -0.39 is 11.8 Å². The number of hydrazone groups is 1. The second-order valence-corrected chi connectivity index (χ2v) is 5.81. The van der Waals surface area contributed by atoms with Crippen LogP contribution in [0.1, 0.15) is 18.1 Å². The Morgan fingerprint density at radius 3 is 2.66 bits per heavy atom. The molecule has 0 spiro atoms. The molecule has 0 aliphatic rings. The fourth-order valence-corrected chi connectivity index (χ4v) is 2.48. The van der Waals surface area contributed by atoms with Crippen LogP contribution in [-0.4, -0.2) is 36.9 Å². The molecule has 29 heavy (non-hydrogen) atoms. The molecule has 2 aromatic rings. The zero-order valence-corrected chi connectivity index (χ0v) is 16.3. The summed E-state index contributed by atoms with van der Waals surface area (Å²) in [4.78, 5) is 24.0. The quantitative estimate of drug-likeness (QED) is 0.275. The molecule has 0 atom stereocenters. The van der Waals surface area contributed by atoms with Gasteiger partial charge in [-0.25, -0.2) is 5.43 Å². The molecular weight excluding hydrogens is 374 g/mol. The molecule has 0 saturated carbocycles. The fourth-order valence-electron chi connectivity index (χ4n) is 2.48. The standard InChI is InChI=1S/C21H23N3O5/c1-4-8-15-11-14(12-18(19(15)25)29-5-2)13-22-24-21(27)20(26)23-16-9-6-7-10-17(16)28-3/h4,6-7,9-13,25H,1,5,8H2,2-3H3,(H,23,26)(H,24,27)/b22-13+. The first kappa shape index (κ1) is 21.5. The number of methoxy groups -OCH3 is 1. The van der Waals surface area contributed by atoms with E-state index in [1.54, 1.807) is 49.4 Å². The number of amides is 2. The van der Waals surface area contributed by atoms with E-state index in [1.165, 1.54) is 13.3 Å². The van der Waals surface area contributed by atoms with Crippen molar-refractivity contribution in [3.63, 3.8) is 0 Å². The van der Waals surface area contributed by atoms with E-state index in [9.17, 15) is 14.7 Å². The fraction of sp³-hybridized carbons (Fsp3) is 0.190. The van der Waals surface area contributed by atoms with Crippen LogP contribution in [0.2, 0.25) is 0 Å². The number of aromatic hydroxyl groups is 1. The van der Waals surface area contributed by atoms with Crippen LogP contribution in [0.25, 0.3) is 0 Å². The lowest BCUT2D eigenvalue weighted by Gasteiger charge is -2.11. The second kappa shape index (κ2) is 10.5. The van der Waals surface area contributed by atoms with Crippen LogP contribution in [0.15, 0.2) is 54.2 Å². The first-order valence-corrected chi connectivity index (χ1v) is 8.87. The normalized spacial score (nSPS) is 10.4. The van der Waals surface area contributed by atoms with E-state index in [1.807, 2.05) is 0 Å². The monoisotopic (exact) mass is 397 g/mol. The lowest BCUT2D eigenvalue weighted by Crippen LogP contribution is -2.32. The maximum Gasteiger partial charge on any atom is 0.329 e. The van der Waals surface area contributed by atoms with Crippen molar-refractivity contribution in [1.82, 2.24) is 5.43 Å². The van der Waals surface area contributed by atoms with E-state index in [2.05, 4.69) is 22.4 Å². The average Bonchev–Trinajstić information content (AvgIpc) is 2.72. The van der Waals surface area contributed by atoms with Crippen LogP contribution >= 0.6 is 0 Å². The van der Waals surface area contributed by atoms with Gasteiger partial charge in [-0.1, -0.05) is 18.2 Å². The van der Waals surface area contributed by atoms with Gasteiger partial charge in [-0.05, 0) is 43.2 Å². The van der Waals surface area contributed by atoms with Gasteiger partial charge in [0.05, 0.1) is 25.6 Å². The van der Waals surface area contributed by atoms with Gasteiger partial charge < -0.3 is 19.9 Å². The Hall–Kier alpha value is -3.81. The number of benzene rings is 2. The van der Waals surface area contributed by atoms with E-state index in [4.69, 9.17) is 9.47 Å². The summed E-state index contributed by atoms with van der Waals surface area (Å²) in [6, 6.07) is 9.98. The number of anilines is 1. The molecule has 3 N–H and O–H groups in total. The maximum absolute atomic E-state index is 12.0.